The van der Waals surface area contributed by atoms with Crippen LogP contribution in [0.4, 0.5) is 0 Å². The number of hydrogen-bond donors (Lipinski definition) is 2. The number of benzene rings is 2. The summed E-state index contributed by atoms with van der Waals surface area (Å²) < 4.78 is 0. The van der Waals surface area contributed by atoms with E-state index in [2.05, 4.69) is 90.3 Å². The van der Waals surface area contributed by atoms with Crippen LogP contribution in [0.15, 0.2) is 86.6 Å². The highest BCUT2D eigenvalue weighted by molar-refractivity contribution is 7.98. The molecule has 0 fully saturated rings. The summed E-state index contributed by atoms with van der Waals surface area (Å²) in [6.45, 7) is 4.79. The maximum Gasteiger partial charge on any atom is 0.115 e. The van der Waals surface area contributed by atoms with E-state index in [0.717, 1.165) is 30.9 Å². The summed E-state index contributed by atoms with van der Waals surface area (Å²) in [6.07, 6.45) is 6.40. The van der Waals surface area contributed by atoms with Crippen molar-refractivity contribution in [3.63, 3.8) is 0 Å². The second-order valence-electron chi connectivity index (χ2n) is 7.92. The molecule has 0 spiro atoms. The van der Waals surface area contributed by atoms with Crippen LogP contribution in [0.2, 0.25) is 0 Å². The zero-order valence-electron chi connectivity index (χ0n) is 18.7. The highest BCUT2D eigenvalue weighted by Gasteiger charge is 2.35. The number of dihydropyridines is 1. The number of nitriles is 1. The molecule has 0 saturated carbocycles. The normalized spacial score (nSPS) is 20.2. The summed E-state index contributed by atoms with van der Waals surface area (Å²) in [4.78, 5) is 4.88. The topological polar surface area (TPSA) is 65.1 Å². The van der Waals surface area contributed by atoms with E-state index in [0.29, 0.717) is 11.4 Å². The third-order valence-electron chi connectivity index (χ3n) is 6.09. The van der Waals surface area contributed by atoms with E-state index in [1.807, 2.05) is 0 Å². The first kappa shape index (κ1) is 22.6. The fraction of sp³-hybridized carbons (Fsp3) is 0.269. The van der Waals surface area contributed by atoms with E-state index in [4.69, 9.17) is 5.73 Å². The first-order valence-corrected chi connectivity index (χ1v) is 13.1. The Morgan fingerprint density at radius 1 is 1.06 bits per heavy atom. The Balaban J connectivity index is 1.82. The van der Waals surface area contributed by atoms with E-state index in [9.17, 15) is 5.26 Å². The van der Waals surface area contributed by atoms with Crippen molar-refractivity contribution in [2.24, 2.45) is 5.73 Å². The molecule has 32 heavy (non-hydrogen) atoms. The van der Waals surface area contributed by atoms with Crippen LogP contribution in [0.1, 0.15) is 24.0 Å². The van der Waals surface area contributed by atoms with Gasteiger partial charge < -0.3 is 11.1 Å². The highest BCUT2D eigenvalue weighted by Crippen LogP contribution is 2.41. The number of nitrogens with two attached hydrogens (primary N) is 1. The molecule has 2 heterocycles. The van der Waals surface area contributed by atoms with Crippen molar-refractivity contribution >= 4 is 29.6 Å². The maximum absolute atomic E-state index is 9.97. The van der Waals surface area contributed by atoms with Crippen LogP contribution < -0.4 is 11.1 Å². The number of likely N-dealkylation sites (N-methyl/N-ethyl adjacent to an activating group) is 1. The lowest BCUT2D eigenvalue weighted by atomic mass is 9.78. The molecule has 2 aromatic rings. The Morgan fingerprint density at radius 2 is 1.69 bits per heavy atom. The minimum atomic E-state index is -0.135. The summed E-state index contributed by atoms with van der Waals surface area (Å²) in [5.74, 6) is 0.322. The first-order valence-electron chi connectivity index (χ1n) is 10.7. The van der Waals surface area contributed by atoms with Gasteiger partial charge in [0.05, 0.1) is 11.6 Å². The molecule has 3 N–H and O–H groups in total. The minimum absolute atomic E-state index is 0.135. The number of nitrogens with one attached hydrogen (secondary N) is 1. The summed E-state index contributed by atoms with van der Waals surface area (Å²) in [7, 11) is 0. The summed E-state index contributed by atoms with van der Waals surface area (Å²) in [5.41, 5.74) is 12.8. The Morgan fingerprint density at radius 3 is 2.25 bits per heavy atom. The van der Waals surface area contributed by atoms with Gasteiger partial charge in [-0.3, -0.25) is 4.90 Å². The van der Waals surface area contributed by atoms with Gasteiger partial charge in [0.1, 0.15) is 5.82 Å². The van der Waals surface area contributed by atoms with Crippen LogP contribution in [-0.4, -0.2) is 37.0 Å². The zero-order chi connectivity index (χ0) is 22.7. The van der Waals surface area contributed by atoms with Crippen molar-refractivity contribution in [3.8, 4) is 6.07 Å². The highest BCUT2D eigenvalue weighted by atomic mass is 32.2. The summed E-state index contributed by atoms with van der Waals surface area (Å²) >= 11 is 3.46. The smallest absolute Gasteiger partial charge is 0.115 e. The predicted molar refractivity (Wildman–Crippen MR) is 136 cm³/mol. The molecule has 0 amide bonds. The number of nitrogens with zero attached hydrogens (tertiary/aromatic N) is 2. The third kappa shape index (κ3) is 4.47. The van der Waals surface area contributed by atoms with Crippen molar-refractivity contribution in [1.82, 2.24) is 10.2 Å². The van der Waals surface area contributed by atoms with Crippen molar-refractivity contribution < 1.29 is 0 Å². The summed E-state index contributed by atoms with van der Waals surface area (Å²) in [6, 6.07) is 19.5. The van der Waals surface area contributed by atoms with Gasteiger partial charge in [0.25, 0.3) is 0 Å². The van der Waals surface area contributed by atoms with Gasteiger partial charge >= 0.3 is 0 Å². The quantitative estimate of drug-likeness (QED) is 0.599. The summed E-state index contributed by atoms with van der Waals surface area (Å²) in [5, 5.41) is 13.4. The van der Waals surface area contributed by atoms with Crippen LogP contribution in [-0.2, 0) is 0 Å². The van der Waals surface area contributed by atoms with Gasteiger partial charge in [-0.1, -0.05) is 31.2 Å². The average molecular weight is 461 g/mol. The van der Waals surface area contributed by atoms with E-state index in [-0.39, 0.29) is 5.92 Å². The number of allylic oxidation sites excluding steroid dienone is 1. The van der Waals surface area contributed by atoms with Crippen LogP contribution >= 0.6 is 23.5 Å². The van der Waals surface area contributed by atoms with Crippen LogP contribution in [0.5, 0.6) is 0 Å². The maximum atomic E-state index is 9.97. The fourth-order valence-corrected chi connectivity index (χ4v) is 5.18. The molecule has 2 aliphatic rings. The Labute approximate surface area is 199 Å². The molecule has 4 rings (SSSR count). The molecule has 0 radical (unpaired) electrons. The Bertz CT molecular complexity index is 1120. The molecular weight excluding hydrogens is 432 g/mol. The number of rotatable bonds is 5. The van der Waals surface area contributed by atoms with Gasteiger partial charge in [-0.2, -0.15) is 5.26 Å². The van der Waals surface area contributed by atoms with Gasteiger partial charge in [-0.15, -0.1) is 23.5 Å². The average Bonchev–Trinajstić information content (AvgIpc) is 2.84. The minimum Gasteiger partial charge on any atom is -0.384 e. The zero-order valence-corrected chi connectivity index (χ0v) is 20.3. The second kappa shape index (κ2) is 9.91. The van der Waals surface area contributed by atoms with Crippen LogP contribution in [0, 0.1) is 11.3 Å². The second-order valence-corrected chi connectivity index (χ2v) is 9.68. The van der Waals surface area contributed by atoms with Crippen molar-refractivity contribution in [1.29, 1.82) is 5.26 Å². The van der Waals surface area contributed by atoms with Gasteiger partial charge in [-0.25, -0.2) is 0 Å². The number of hydrogen-bond acceptors (Lipinski definition) is 6. The molecule has 0 aliphatic carbocycles. The SMILES string of the molecule is CCN1CC(=Cc2ccc(SC)cc2)C2=C(C1)C(c1ccc(SC)cc1)C(C#N)=C(N)N2. The molecular formula is C26H28N4S2. The fourth-order valence-electron chi connectivity index (χ4n) is 4.36. The Hall–Kier alpha value is -2.59. The molecule has 0 aromatic heterocycles. The third-order valence-corrected chi connectivity index (χ3v) is 7.58. The molecule has 2 aliphatic heterocycles. The molecule has 1 atom stereocenters. The van der Waals surface area contributed by atoms with E-state index >= 15 is 0 Å². The van der Waals surface area contributed by atoms with Gasteiger partial charge in [0.15, 0.2) is 0 Å². The van der Waals surface area contributed by atoms with Crippen molar-refractivity contribution in [2.75, 3.05) is 32.1 Å². The Kier molecular flexibility index (Phi) is 7.00. The van der Waals surface area contributed by atoms with Gasteiger partial charge in [-0.05, 0) is 71.7 Å². The van der Waals surface area contributed by atoms with Crippen molar-refractivity contribution in [3.05, 3.63) is 87.9 Å². The van der Waals surface area contributed by atoms with Crippen molar-refractivity contribution in [2.45, 2.75) is 22.6 Å². The van der Waals surface area contributed by atoms with Crippen LogP contribution in [0.25, 0.3) is 6.08 Å². The van der Waals surface area contributed by atoms with E-state index in [1.54, 1.807) is 23.5 Å². The molecule has 6 heteroatoms. The lowest BCUT2D eigenvalue weighted by molar-refractivity contribution is 0.320. The van der Waals surface area contributed by atoms with E-state index < -0.39 is 0 Å². The molecule has 164 valence electrons. The standard InChI is InChI=1S/C26H28N4S2/c1-4-30-15-19(13-17-5-9-20(31-2)10-6-17)25-23(16-30)24(22(14-27)26(28)29-25)18-7-11-21(32-3)12-8-18/h5-13,24,29H,4,15-16,28H2,1-3H3. The van der Waals surface area contributed by atoms with Gasteiger partial charge in [0, 0.05) is 34.5 Å². The lowest BCUT2D eigenvalue weighted by Crippen LogP contribution is -2.42. The predicted octanol–water partition coefficient (Wildman–Crippen LogP) is 5.18. The number of thioether (sulfide) groups is 2. The molecule has 4 nitrogen and oxygen atoms in total. The molecule has 2 aromatic carbocycles. The molecule has 0 bridgehead atoms. The van der Waals surface area contributed by atoms with E-state index in [1.165, 1.54) is 26.5 Å². The molecule has 1 unspecified atom stereocenters. The molecule has 0 saturated heterocycles. The van der Waals surface area contributed by atoms with Crippen LogP contribution in [0.3, 0.4) is 0 Å². The van der Waals surface area contributed by atoms with Gasteiger partial charge in [0.2, 0.25) is 0 Å². The first-order chi connectivity index (χ1) is 15.6. The lowest BCUT2D eigenvalue weighted by Gasteiger charge is -2.39. The monoisotopic (exact) mass is 460 g/mol. The largest absolute Gasteiger partial charge is 0.384 e.